The Hall–Kier alpha value is -3.31. The fraction of sp³-hybridized carbons (Fsp3) is 0.318. The van der Waals surface area contributed by atoms with Crippen molar-refractivity contribution in [1.82, 2.24) is 14.9 Å². The molecule has 1 unspecified atom stereocenters. The third-order valence-corrected chi connectivity index (χ3v) is 5.46. The second kappa shape index (κ2) is 8.20. The molecule has 1 aromatic carbocycles. The Kier molecular flexibility index (Phi) is 5.46. The van der Waals surface area contributed by atoms with Gasteiger partial charge in [0.15, 0.2) is 5.82 Å². The molecule has 0 amide bonds. The fourth-order valence-electron chi connectivity index (χ4n) is 3.73. The number of hydrogen-bond donors (Lipinski definition) is 1. The smallest absolute Gasteiger partial charge is 0.254 e. The average molecular weight is 409 g/mol. The minimum Gasteiger partial charge on any atom is -0.354 e. The molecule has 154 valence electrons. The molecule has 4 rings (SSSR count). The van der Waals surface area contributed by atoms with Crippen LogP contribution in [0.3, 0.4) is 0 Å². The summed E-state index contributed by atoms with van der Waals surface area (Å²) in [5, 5.41) is 9.36. The standard InChI is InChI=1S/C22H21F2N5O/c1-14(23)18-10-16-3-4-17(20(24)21(16)27-22(18)30)13-28-6-8-29(9-7-28)19-5-2-15(11-25)12-26-19/h2-5,10,12,14H,6-9,13H2,1H3,(H,27,30). The molecule has 1 N–H and O–H groups in total. The first kappa shape index (κ1) is 20.0. The van der Waals surface area contributed by atoms with E-state index >= 15 is 4.39 Å². The van der Waals surface area contributed by atoms with Crippen LogP contribution in [0.5, 0.6) is 0 Å². The number of H-pyrrole nitrogens is 1. The number of nitrogens with one attached hydrogen (secondary N) is 1. The largest absolute Gasteiger partial charge is 0.354 e. The summed E-state index contributed by atoms with van der Waals surface area (Å²) in [7, 11) is 0. The summed E-state index contributed by atoms with van der Waals surface area (Å²) in [5.41, 5.74) is 0.529. The van der Waals surface area contributed by atoms with Crippen molar-refractivity contribution in [3.8, 4) is 6.07 Å². The van der Waals surface area contributed by atoms with Gasteiger partial charge in [-0.05, 0) is 25.1 Å². The Morgan fingerprint density at radius 1 is 1.23 bits per heavy atom. The summed E-state index contributed by atoms with van der Waals surface area (Å²) < 4.78 is 28.6. The second-order valence-electron chi connectivity index (χ2n) is 7.45. The molecular weight excluding hydrogens is 388 g/mol. The van der Waals surface area contributed by atoms with Crippen LogP contribution in [0.4, 0.5) is 14.6 Å². The van der Waals surface area contributed by atoms with Crippen LogP contribution < -0.4 is 10.5 Å². The summed E-state index contributed by atoms with van der Waals surface area (Å²) in [4.78, 5) is 23.1. The van der Waals surface area contributed by atoms with Gasteiger partial charge in [0.1, 0.15) is 18.1 Å². The van der Waals surface area contributed by atoms with Crippen molar-refractivity contribution in [3.63, 3.8) is 0 Å². The normalized spacial score (nSPS) is 15.9. The molecule has 2 aromatic heterocycles. The van der Waals surface area contributed by atoms with Crippen molar-refractivity contribution in [3.05, 3.63) is 69.4 Å². The van der Waals surface area contributed by atoms with Crippen molar-refractivity contribution in [2.24, 2.45) is 0 Å². The van der Waals surface area contributed by atoms with Crippen LogP contribution >= 0.6 is 0 Å². The number of benzene rings is 1. The molecule has 1 fully saturated rings. The van der Waals surface area contributed by atoms with Crippen molar-refractivity contribution in [1.29, 1.82) is 5.26 Å². The number of rotatable bonds is 4. The van der Waals surface area contributed by atoms with E-state index in [0.717, 1.165) is 32.0 Å². The van der Waals surface area contributed by atoms with Gasteiger partial charge in [-0.25, -0.2) is 13.8 Å². The molecule has 6 nitrogen and oxygen atoms in total. The van der Waals surface area contributed by atoms with E-state index in [9.17, 15) is 9.18 Å². The van der Waals surface area contributed by atoms with Gasteiger partial charge >= 0.3 is 0 Å². The zero-order valence-electron chi connectivity index (χ0n) is 16.5. The van der Waals surface area contributed by atoms with Gasteiger partial charge in [-0.3, -0.25) is 9.69 Å². The van der Waals surface area contributed by atoms with Crippen LogP contribution in [-0.4, -0.2) is 41.0 Å². The number of halogens is 2. The molecule has 8 heteroatoms. The van der Waals surface area contributed by atoms with E-state index in [0.29, 0.717) is 23.1 Å². The number of fused-ring (bicyclic) bond motifs is 1. The van der Waals surface area contributed by atoms with E-state index in [4.69, 9.17) is 5.26 Å². The van der Waals surface area contributed by atoms with Crippen LogP contribution in [0.1, 0.15) is 29.8 Å². The number of pyridine rings is 2. The topological polar surface area (TPSA) is 76.0 Å². The highest BCUT2D eigenvalue weighted by Gasteiger charge is 2.20. The van der Waals surface area contributed by atoms with E-state index in [2.05, 4.69) is 25.8 Å². The van der Waals surface area contributed by atoms with Gasteiger partial charge in [-0.1, -0.05) is 12.1 Å². The molecule has 0 aliphatic carbocycles. The monoisotopic (exact) mass is 409 g/mol. The lowest BCUT2D eigenvalue weighted by atomic mass is 10.1. The first-order chi connectivity index (χ1) is 14.5. The number of aromatic nitrogens is 2. The van der Waals surface area contributed by atoms with Gasteiger partial charge in [-0.15, -0.1) is 0 Å². The second-order valence-corrected chi connectivity index (χ2v) is 7.45. The summed E-state index contributed by atoms with van der Waals surface area (Å²) in [6, 6.07) is 10.5. The third kappa shape index (κ3) is 3.89. The van der Waals surface area contributed by atoms with Gasteiger partial charge in [-0.2, -0.15) is 5.26 Å². The molecule has 1 aliphatic heterocycles. The van der Waals surface area contributed by atoms with Crippen molar-refractivity contribution < 1.29 is 8.78 Å². The number of nitrogens with zero attached hydrogens (tertiary/aromatic N) is 4. The maximum atomic E-state index is 15.0. The first-order valence-corrected chi connectivity index (χ1v) is 9.78. The highest BCUT2D eigenvalue weighted by atomic mass is 19.1. The number of piperazine rings is 1. The molecule has 3 aromatic rings. The molecule has 0 saturated carbocycles. The lowest BCUT2D eigenvalue weighted by Crippen LogP contribution is -2.46. The van der Waals surface area contributed by atoms with E-state index in [1.54, 1.807) is 24.4 Å². The van der Waals surface area contributed by atoms with Crippen LogP contribution in [0.25, 0.3) is 10.9 Å². The average Bonchev–Trinajstić information content (AvgIpc) is 2.76. The van der Waals surface area contributed by atoms with Gasteiger partial charge < -0.3 is 9.88 Å². The van der Waals surface area contributed by atoms with Crippen molar-refractivity contribution in [2.45, 2.75) is 19.6 Å². The molecule has 30 heavy (non-hydrogen) atoms. The highest BCUT2D eigenvalue weighted by Crippen LogP contribution is 2.23. The molecule has 1 saturated heterocycles. The molecule has 1 aliphatic rings. The predicted molar refractivity (Wildman–Crippen MR) is 110 cm³/mol. The maximum absolute atomic E-state index is 15.0. The van der Waals surface area contributed by atoms with Crippen molar-refractivity contribution >= 4 is 16.7 Å². The molecule has 0 bridgehead atoms. The Morgan fingerprint density at radius 2 is 2.00 bits per heavy atom. The Labute approximate surface area is 172 Å². The van der Waals surface area contributed by atoms with Gasteiger partial charge in [0.25, 0.3) is 5.56 Å². The number of anilines is 1. The number of hydrogen-bond acceptors (Lipinski definition) is 5. The number of aromatic amines is 1. The van der Waals surface area contributed by atoms with Gasteiger partial charge in [0.2, 0.25) is 0 Å². The van der Waals surface area contributed by atoms with E-state index in [-0.39, 0.29) is 11.1 Å². The summed E-state index contributed by atoms with van der Waals surface area (Å²) in [5.74, 6) is 0.347. The zero-order valence-corrected chi connectivity index (χ0v) is 16.5. The van der Waals surface area contributed by atoms with Crippen LogP contribution in [0.15, 0.2) is 41.3 Å². The summed E-state index contributed by atoms with van der Waals surface area (Å²) in [6.45, 7) is 4.64. The SMILES string of the molecule is CC(F)c1cc2ccc(CN3CCN(c4ccc(C#N)cn4)CC3)c(F)c2[nH]c1=O. The predicted octanol–water partition coefficient (Wildman–Crippen LogP) is 3.29. The van der Waals surface area contributed by atoms with Gasteiger partial charge in [0, 0.05) is 49.9 Å². The van der Waals surface area contributed by atoms with Crippen LogP contribution in [-0.2, 0) is 6.54 Å². The molecular formula is C22H21F2N5O. The van der Waals surface area contributed by atoms with E-state index in [1.165, 1.54) is 13.0 Å². The summed E-state index contributed by atoms with van der Waals surface area (Å²) in [6.07, 6.45) is 0.143. The number of nitriles is 1. The first-order valence-electron chi connectivity index (χ1n) is 9.78. The molecule has 3 heterocycles. The van der Waals surface area contributed by atoms with E-state index < -0.39 is 17.5 Å². The molecule has 1 atom stereocenters. The maximum Gasteiger partial charge on any atom is 0.254 e. The minimum absolute atomic E-state index is 0.00202. The van der Waals surface area contributed by atoms with Crippen LogP contribution in [0, 0.1) is 17.1 Å². The Balaban J connectivity index is 1.47. The summed E-state index contributed by atoms with van der Waals surface area (Å²) >= 11 is 0. The third-order valence-electron chi connectivity index (χ3n) is 5.46. The lowest BCUT2D eigenvalue weighted by molar-refractivity contribution is 0.246. The lowest BCUT2D eigenvalue weighted by Gasteiger charge is -2.35. The Morgan fingerprint density at radius 3 is 2.63 bits per heavy atom. The van der Waals surface area contributed by atoms with E-state index in [1.807, 2.05) is 6.07 Å². The van der Waals surface area contributed by atoms with Crippen molar-refractivity contribution in [2.75, 3.05) is 31.1 Å². The number of alkyl halides is 1. The van der Waals surface area contributed by atoms with Gasteiger partial charge in [0.05, 0.1) is 16.6 Å². The minimum atomic E-state index is -1.41. The zero-order chi connectivity index (χ0) is 21.3. The fourth-order valence-corrected chi connectivity index (χ4v) is 3.73. The highest BCUT2D eigenvalue weighted by molar-refractivity contribution is 5.80. The molecule has 0 spiro atoms. The van der Waals surface area contributed by atoms with Crippen LogP contribution in [0.2, 0.25) is 0 Å². The Bertz CT molecular complexity index is 1160. The molecule has 0 radical (unpaired) electrons. The quantitative estimate of drug-likeness (QED) is 0.716.